The van der Waals surface area contributed by atoms with Crippen LogP contribution in [0, 0.1) is 6.92 Å². The summed E-state index contributed by atoms with van der Waals surface area (Å²) in [6.45, 7) is 5.74. The molecule has 0 atom stereocenters. The number of carbonyl (C=O) groups excluding carboxylic acids is 1. The summed E-state index contributed by atoms with van der Waals surface area (Å²) >= 11 is 0. The Bertz CT molecular complexity index is 331. The predicted molar refractivity (Wildman–Crippen MR) is 53.9 cm³/mol. The van der Waals surface area contributed by atoms with Gasteiger partial charge in [-0.15, -0.1) is 0 Å². The van der Waals surface area contributed by atoms with Gasteiger partial charge < -0.3 is 9.47 Å². The molecule has 1 radical (unpaired) electrons. The highest BCUT2D eigenvalue weighted by atomic mass is 16.5. The van der Waals surface area contributed by atoms with E-state index in [-0.39, 0.29) is 5.78 Å². The molecule has 0 fully saturated rings. The van der Waals surface area contributed by atoms with E-state index in [1.807, 2.05) is 6.92 Å². The summed E-state index contributed by atoms with van der Waals surface area (Å²) in [5, 5.41) is 0. The molecule has 0 amide bonds. The maximum atomic E-state index is 11.0. The van der Waals surface area contributed by atoms with Gasteiger partial charge in [-0.3, -0.25) is 4.79 Å². The average molecular weight is 193 g/mol. The minimum absolute atomic E-state index is 0.228. The smallest absolute Gasteiger partial charge is 0.163 e. The first-order chi connectivity index (χ1) is 6.69. The molecular formula is C11H13O3. The van der Waals surface area contributed by atoms with Crippen LogP contribution >= 0.6 is 0 Å². The monoisotopic (exact) mass is 193 g/mol. The maximum Gasteiger partial charge on any atom is 0.163 e. The molecule has 75 valence electrons. The van der Waals surface area contributed by atoms with Crippen LogP contribution in [0.25, 0.3) is 0 Å². The number of benzene rings is 1. The van der Waals surface area contributed by atoms with Crippen LogP contribution in [0.2, 0.25) is 0 Å². The van der Waals surface area contributed by atoms with Crippen LogP contribution in [0.4, 0.5) is 0 Å². The minimum Gasteiger partial charge on any atom is -0.493 e. The Morgan fingerprint density at radius 2 is 2.14 bits per heavy atom. The first kappa shape index (κ1) is 10.6. The summed E-state index contributed by atoms with van der Waals surface area (Å²) in [6, 6.07) is 5.00. The van der Waals surface area contributed by atoms with E-state index in [2.05, 4.69) is 6.92 Å². The largest absolute Gasteiger partial charge is 0.493 e. The number of methoxy groups -OCH3 is 1. The molecule has 0 bridgehead atoms. The number of rotatable bonds is 4. The highest BCUT2D eigenvalue weighted by Crippen LogP contribution is 2.27. The summed E-state index contributed by atoms with van der Waals surface area (Å²) in [5.41, 5.74) is 0.522. The van der Waals surface area contributed by atoms with Gasteiger partial charge in [-0.05, 0) is 25.1 Å². The van der Waals surface area contributed by atoms with Gasteiger partial charge >= 0.3 is 0 Å². The quantitative estimate of drug-likeness (QED) is 0.687. The zero-order valence-corrected chi connectivity index (χ0v) is 8.37. The van der Waals surface area contributed by atoms with E-state index in [9.17, 15) is 4.79 Å². The molecule has 1 aromatic carbocycles. The van der Waals surface area contributed by atoms with Gasteiger partial charge in [0.05, 0.1) is 13.7 Å². The second-order valence-electron chi connectivity index (χ2n) is 2.72. The van der Waals surface area contributed by atoms with Crippen molar-refractivity contribution in [2.45, 2.75) is 6.92 Å². The van der Waals surface area contributed by atoms with Crippen molar-refractivity contribution in [1.82, 2.24) is 0 Å². The molecule has 0 aliphatic rings. The third-order valence-electron chi connectivity index (χ3n) is 1.79. The number of ketones is 1. The Labute approximate surface area is 83.6 Å². The fourth-order valence-corrected chi connectivity index (χ4v) is 1.12. The van der Waals surface area contributed by atoms with Crippen molar-refractivity contribution in [2.24, 2.45) is 0 Å². The lowest BCUT2D eigenvalue weighted by molar-refractivity contribution is 0.104. The summed E-state index contributed by atoms with van der Waals surface area (Å²) in [5.74, 6) is 0.968. The number of carbonyl (C=O) groups is 1. The van der Waals surface area contributed by atoms with Gasteiger partial charge in [-0.1, -0.05) is 0 Å². The third kappa shape index (κ3) is 2.25. The zero-order valence-electron chi connectivity index (χ0n) is 8.37. The number of hydrogen-bond acceptors (Lipinski definition) is 3. The molecule has 0 aliphatic carbocycles. The van der Waals surface area contributed by atoms with Crippen LogP contribution in [-0.4, -0.2) is 19.5 Å². The zero-order chi connectivity index (χ0) is 10.6. The topological polar surface area (TPSA) is 35.5 Å². The van der Waals surface area contributed by atoms with Crippen molar-refractivity contribution in [3.8, 4) is 11.5 Å². The van der Waals surface area contributed by atoms with Crippen LogP contribution in [-0.2, 0) is 0 Å². The van der Waals surface area contributed by atoms with Gasteiger partial charge in [0.2, 0.25) is 0 Å². The van der Waals surface area contributed by atoms with Gasteiger partial charge in [0.15, 0.2) is 17.3 Å². The Morgan fingerprint density at radius 3 is 2.64 bits per heavy atom. The van der Waals surface area contributed by atoms with E-state index in [1.54, 1.807) is 25.3 Å². The second kappa shape index (κ2) is 4.65. The molecule has 0 spiro atoms. The van der Waals surface area contributed by atoms with E-state index in [0.29, 0.717) is 23.7 Å². The van der Waals surface area contributed by atoms with Crippen LogP contribution in [0.3, 0.4) is 0 Å². The molecule has 0 saturated heterocycles. The summed E-state index contributed by atoms with van der Waals surface area (Å²) in [4.78, 5) is 11.0. The molecule has 0 aromatic heterocycles. The predicted octanol–water partition coefficient (Wildman–Crippen LogP) is 2.11. The lowest BCUT2D eigenvalue weighted by atomic mass is 10.1. The fourth-order valence-electron chi connectivity index (χ4n) is 1.12. The SMILES string of the molecule is [CH2]C(=O)c1ccc(OC)c(OCC)c1. The highest BCUT2D eigenvalue weighted by molar-refractivity contribution is 5.99. The van der Waals surface area contributed by atoms with E-state index in [4.69, 9.17) is 9.47 Å². The van der Waals surface area contributed by atoms with Crippen LogP contribution in [0.15, 0.2) is 18.2 Å². The summed E-state index contributed by atoms with van der Waals surface area (Å²) in [6.07, 6.45) is 0. The minimum atomic E-state index is -0.228. The molecule has 0 unspecified atom stereocenters. The van der Waals surface area contributed by atoms with Crippen LogP contribution < -0.4 is 9.47 Å². The Morgan fingerprint density at radius 1 is 1.43 bits per heavy atom. The Kier molecular flexibility index (Phi) is 3.51. The van der Waals surface area contributed by atoms with Crippen molar-refractivity contribution in [3.63, 3.8) is 0 Å². The lowest BCUT2D eigenvalue weighted by Crippen LogP contribution is -1.98. The molecule has 3 nitrogen and oxygen atoms in total. The van der Waals surface area contributed by atoms with E-state index in [1.165, 1.54) is 0 Å². The number of hydrogen-bond donors (Lipinski definition) is 0. The van der Waals surface area contributed by atoms with Gasteiger partial charge in [0.25, 0.3) is 0 Å². The standard InChI is InChI=1S/C11H13O3/c1-4-14-11-7-9(8(2)12)5-6-10(11)13-3/h5-7H,2,4H2,1,3H3. The number of Topliss-reactive ketones (excluding diaryl/α,β-unsaturated/α-hetero) is 1. The van der Waals surface area contributed by atoms with Crippen LogP contribution in [0.5, 0.6) is 11.5 Å². The van der Waals surface area contributed by atoms with Gasteiger partial charge in [0.1, 0.15) is 0 Å². The molecule has 0 N–H and O–H groups in total. The molecule has 14 heavy (non-hydrogen) atoms. The first-order valence-corrected chi connectivity index (χ1v) is 4.36. The summed E-state index contributed by atoms with van der Waals surface area (Å²) in [7, 11) is 1.56. The van der Waals surface area contributed by atoms with Gasteiger partial charge in [-0.25, -0.2) is 0 Å². The molecule has 0 heterocycles. The lowest BCUT2D eigenvalue weighted by Gasteiger charge is -2.09. The second-order valence-corrected chi connectivity index (χ2v) is 2.72. The molecule has 1 rings (SSSR count). The fraction of sp³-hybridized carbons (Fsp3) is 0.273. The van der Waals surface area contributed by atoms with Crippen LogP contribution in [0.1, 0.15) is 17.3 Å². The average Bonchev–Trinajstić information content (AvgIpc) is 2.18. The maximum absolute atomic E-state index is 11.0. The number of ether oxygens (including phenoxy) is 2. The van der Waals surface area contributed by atoms with Crippen molar-refractivity contribution >= 4 is 5.78 Å². The van der Waals surface area contributed by atoms with Gasteiger partial charge in [-0.2, -0.15) is 0 Å². The Hall–Kier alpha value is -1.51. The third-order valence-corrected chi connectivity index (χ3v) is 1.79. The van der Waals surface area contributed by atoms with E-state index >= 15 is 0 Å². The molecule has 0 saturated carbocycles. The molecule has 1 aromatic rings. The van der Waals surface area contributed by atoms with Crippen molar-refractivity contribution in [3.05, 3.63) is 30.7 Å². The van der Waals surface area contributed by atoms with Crippen molar-refractivity contribution in [2.75, 3.05) is 13.7 Å². The van der Waals surface area contributed by atoms with Crippen molar-refractivity contribution < 1.29 is 14.3 Å². The first-order valence-electron chi connectivity index (χ1n) is 4.36. The van der Waals surface area contributed by atoms with Gasteiger partial charge in [0, 0.05) is 12.5 Å². The highest BCUT2D eigenvalue weighted by Gasteiger charge is 2.07. The van der Waals surface area contributed by atoms with E-state index in [0.717, 1.165) is 0 Å². The Balaban J connectivity index is 3.07. The van der Waals surface area contributed by atoms with E-state index < -0.39 is 0 Å². The molecular weight excluding hydrogens is 180 g/mol. The summed E-state index contributed by atoms with van der Waals surface area (Å²) < 4.78 is 10.4. The molecule has 0 aliphatic heterocycles. The normalized spacial score (nSPS) is 9.64. The molecule has 3 heteroatoms. The van der Waals surface area contributed by atoms with Crippen molar-refractivity contribution in [1.29, 1.82) is 0 Å².